The summed E-state index contributed by atoms with van der Waals surface area (Å²) in [7, 11) is 1.47. The van der Waals surface area contributed by atoms with Crippen molar-refractivity contribution in [3.8, 4) is 17.6 Å². The average Bonchev–Trinajstić information content (AvgIpc) is 2.83. The van der Waals surface area contributed by atoms with Crippen LogP contribution in [-0.4, -0.2) is 25.5 Å². The minimum atomic E-state index is -0.508. The molecule has 172 valence electrons. The Hall–Kier alpha value is -4.57. The van der Waals surface area contributed by atoms with Crippen LogP contribution in [0.1, 0.15) is 16.7 Å². The van der Waals surface area contributed by atoms with Gasteiger partial charge in [-0.05, 0) is 61.4 Å². The van der Waals surface area contributed by atoms with Gasteiger partial charge in [0.15, 0.2) is 18.1 Å². The summed E-state index contributed by atoms with van der Waals surface area (Å²) < 4.78 is 11.0. The number of hydrogen-bond donors (Lipinski definition) is 2. The molecule has 0 radical (unpaired) electrons. The highest BCUT2D eigenvalue weighted by molar-refractivity contribution is 6.10. The van der Waals surface area contributed by atoms with Crippen LogP contribution in [0.2, 0.25) is 0 Å². The fourth-order valence-electron chi connectivity index (χ4n) is 3.21. The zero-order valence-corrected chi connectivity index (χ0v) is 19.2. The van der Waals surface area contributed by atoms with E-state index in [9.17, 15) is 14.9 Å². The van der Waals surface area contributed by atoms with Crippen LogP contribution in [0.3, 0.4) is 0 Å². The van der Waals surface area contributed by atoms with E-state index < -0.39 is 5.91 Å². The van der Waals surface area contributed by atoms with E-state index in [-0.39, 0.29) is 18.1 Å². The molecule has 0 unspecified atom stereocenters. The molecule has 0 heterocycles. The maximum atomic E-state index is 12.6. The normalized spacial score (nSPS) is 10.7. The van der Waals surface area contributed by atoms with Gasteiger partial charge in [-0.3, -0.25) is 9.59 Å². The number of ether oxygens (including phenoxy) is 2. The van der Waals surface area contributed by atoms with Gasteiger partial charge in [0.05, 0.1) is 7.11 Å². The number of para-hydroxylation sites is 1. The van der Waals surface area contributed by atoms with Crippen molar-refractivity contribution in [1.82, 2.24) is 0 Å². The van der Waals surface area contributed by atoms with Crippen molar-refractivity contribution in [3.63, 3.8) is 0 Å². The molecule has 3 aromatic carbocycles. The predicted molar refractivity (Wildman–Crippen MR) is 132 cm³/mol. The van der Waals surface area contributed by atoms with Crippen molar-refractivity contribution in [1.29, 1.82) is 5.26 Å². The number of nitriles is 1. The molecule has 0 saturated carbocycles. The largest absolute Gasteiger partial charge is 0.493 e. The van der Waals surface area contributed by atoms with Crippen LogP contribution in [0.5, 0.6) is 11.5 Å². The van der Waals surface area contributed by atoms with E-state index in [0.717, 1.165) is 11.1 Å². The van der Waals surface area contributed by atoms with Gasteiger partial charge in [0.25, 0.3) is 11.8 Å². The Morgan fingerprint density at radius 3 is 2.41 bits per heavy atom. The third-order valence-electron chi connectivity index (χ3n) is 4.91. The standard InChI is InChI=1S/C27H25N3O4/c1-18-9-11-23(19(2)13-18)30-27(32)21(16-28)14-20-10-12-24(25(15-20)33-3)34-17-26(31)29-22-7-5-4-6-8-22/h4-15H,17H2,1-3H3,(H,29,31)(H,30,32)/b21-14+. The molecule has 7 nitrogen and oxygen atoms in total. The molecule has 7 heteroatoms. The van der Waals surface area contributed by atoms with E-state index in [2.05, 4.69) is 10.6 Å². The fraction of sp³-hybridized carbons (Fsp3) is 0.148. The average molecular weight is 456 g/mol. The van der Waals surface area contributed by atoms with Gasteiger partial charge in [-0.1, -0.05) is 42.0 Å². The second-order valence-electron chi connectivity index (χ2n) is 7.56. The van der Waals surface area contributed by atoms with Crippen LogP contribution in [0.4, 0.5) is 11.4 Å². The lowest BCUT2D eigenvalue weighted by Gasteiger charge is -2.12. The molecule has 2 N–H and O–H groups in total. The molecule has 0 aliphatic rings. The van der Waals surface area contributed by atoms with Gasteiger partial charge in [0.1, 0.15) is 11.6 Å². The number of nitrogens with one attached hydrogen (secondary N) is 2. The second-order valence-corrected chi connectivity index (χ2v) is 7.56. The number of amides is 2. The molecule has 0 spiro atoms. The predicted octanol–water partition coefficient (Wildman–Crippen LogP) is 4.88. The van der Waals surface area contributed by atoms with Crippen molar-refractivity contribution < 1.29 is 19.1 Å². The Morgan fingerprint density at radius 2 is 1.74 bits per heavy atom. The SMILES string of the molecule is COc1cc(/C=C(\C#N)C(=O)Nc2ccc(C)cc2C)ccc1OCC(=O)Nc1ccccc1. The molecular weight excluding hydrogens is 430 g/mol. The highest BCUT2D eigenvalue weighted by atomic mass is 16.5. The Labute approximate surface area is 198 Å². The summed E-state index contributed by atoms with van der Waals surface area (Å²) in [6.07, 6.45) is 1.47. The molecular formula is C27H25N3O4. The van der Waals surface area contributed by atoms with Gasteiger partial charge in [0, 0.05) is 11.4 Å². The van der Waals surface area contributed by atoms with Crippen molar-refractivity contribution in [2.24, 2.45) is 0 Å². The van der Waals surface area contributed by atoms with E-state index >= 15 is 0 Å². The Kier molecular flexibility index (Phi) is 8.03. The molecule has 0 aliphatic heterocycles. The highest BCUT2D eigenvalue weighted by Gasteiger charge is 2.13. The zero-order valence-electron chi connectivity index (χ0n) is 19.2. The lowest BCUT2D eigenvalue weighted by molar-refractivity contribution is -0.118. The van der Waals surface area contributed by atoms with E-state index in [4.69, 9.17) is 9.47 Å². The van der Waals surface area contributed by atoms with Crippen LogP contribution in [0.25, 0.3) is 6.08 Å². The minimum Gasteiger partial charge on any atom is -0.493 e. The molecule has 0 aromatic heterocycles. The molecule has 3 aromatic rings. The number of methoxy groups -OCH3 is 1. The molecule has 0 saturated heterocycles. The molecule has 0 fully saturated rings. The monoisotopic (exact) mass is 455 g/mol. The number of hydrogen-bond acceptors (Lipinski definition) is 5. The smallest absolute Gasteiger partial charge is 0.266 e. The number of carbonyl (C=O) groups is 2. The number of anilines is 2. The van der Waals surface area contributed by atoms with Crippen molar-refractivity contribution in [2.45, 2.75) is 13.8 Å². The quantitative estimate of drug-likeness (QED) is 0.373. The highest BCUT2D eigenvalue weighted by Crippen LogP contribution is 2.29. The van der Waals surface area contributed by atoms with Crippen molar-refractivity contribution in [3.05, 3.63) is 89.0 Å². The molecule has 2 amide bonds. The number of benzene rings is 3. The van der Waals surface area contributed by atoms with Gasteiger partial charge < -0.3 is 20.1 Å². The fourth-order valence-corrected chi connectivity index (χ4v) is 3.21. The maximum Gasteiger partial charge on any atom is 0.266 e. The van der Waals surface area contributed by atoms with E-state index in [1.54, 1.807) is 36.4 Å². The molecule has 34 heavy (non-hydrogen) atoms. The van der Waals surface area contributed by atoms with Gasteiger partial charge in [-0.25, -0.2) is 0 Å². The Bertz CT molecular complexity index is 1260. The van der Waals surface area contributed by atoms with Crippen LogP contribution in [-0.2, 0) is 9.59 Å². The summed E-state index contributed by atoms with van der Waals surface area (Å²) in [6.45, 7) is 3.65. The van der Waals surface area contributed by atoms with Crippen LogP contribution >= 0.6 is 0 Å². The maximum absolute atomic E-state index is 12.6. The van der Waals surface area contributed by atoms with E-state index in [1.165, 1.54) is 13.2 Å². The first-order chi connectivity index (χ1) is 16.4. The lowest BCUT2D eigenvalue weighted by atomic mass is 10.1. The van der Waals surface area contributed by atoms with E-state index in [0.29, 0.717) is 28.4 Å². The third-order valence-corrected chi connectivity index (χ3v) is 4.91. The first-order valence-corrected chi connectivity index (χ1v) is 10.6. The summed E-state index contributed by atoms with van der Waals surface area (Å²) in [5.41, 5.74) is 3.82. The Morgan fingerprint density at radius 1 is 0.971 bits per heavy atom. The van der Waals surface area contributed by atoms with Crippen molar-refractivity contribution in [2.75, 3.05) is 24.4 Å². The van der Waals surface area contributed by atoms with Crippen LogP contribution in [0, 0.1) is 25.2 Å². The first kappa shape index (κ1) is 24.1. The molecule has 0 atom stereocenters. The summed E-state index contributed by atoms with van der Waals surface area (Å²) in [5.74, 6) is -0.0900. The Balaban J connectivity index is 1.69. The number of aryl methyl sites for hydroxylation is 2. The van der Waals surface area contributed by atoms with Crippen molar-refractivity contribution >= 4 is 29.3 Å². The first-order valence-electron chi connectivity index (χ1n) is 10.6. The summed E-state index contributed by atoms with van der Waals surface area (Å²) >= 11 is 0. The topological polar surface area (TPSA) is 100 Å². The van der Waals surface area contributed by atoms with Gasteiger partial charge in [0.2, 0.25) is 0 Å². The van der Waals surface area contributed by atoms with Gasteiger partial charge in [-0.2, -0.15) is 5.26 Å². The second kappa shape index (κ2) is 11.3. The molecule has 3 rings (SSSR count). The number of carbonyl (C=O) groups excluding carboxylic acids is 2. The van der Waals surface area contributed by atoms with Gasteiger partial charge in [-0.15, -0.1) is 0 Å². The third kappa shape index (κ3) is 6.47. The molecule has 0 aliphatic carbocycles. The number of nitrogens with zero attached hydrogens (tertiary/aromatic N) is 1. The van der Waals surface area contributed by atoms with E-state index in [1.807, 2.05) is 50.2 Å². The number of rotatable bonds is 8. The summed E-state index contributed by atoms with van der Waals surface area (Å²) in [4.78, 5) is 24.8. The molecule has 0 bridgehead atoms. The summed E-state index contributed by atoms with van der Waals surface area (Å²) in [6, 6.07) is 21.6. The minimum absolute atomic E-state index is 0.0575. The lowest BCUT2D eigenvalue weighted by Crippen LogP contribution is -2.20. The van der Waals surface area contributed by atoms with Crippen LogP contribution < -0.4 is 20.1 Å². The van der Waals surface area contributed by atoms with Gasteiger partial charge >= 0.3 is 0 Å². The zero-order chi connectivity index (χ0) is 24.5. The summed E-state index contributed by atoms with van der Waals surface area (Å²) in [5, 5.41) is 15.0. The van der Waals surface area contributed by atoms with Crippen LogP contribution in [0.15, 0.2) is 72.3 Å².